The zero-order chi connectivity index (χ0) is 41.4. The number of carbonyl (C=O) groups is 3. The molecule has 0 aliphatic carbocycles. The predicted molar refractivity (Wildman–Crippen MR) is 206 cm³/mol. The molecule has 1 heterocycles. The van der Waals surface area contributed by atoms with Crippen LogP contribution < -0.4 is 16.4 Å². The summed E-state index contributed by atoms with van der Waals surface area (Å²) in [6.45, 7) is 11.5. The van der Waals surface area contributed by atoms with E-state index in [0.29, 0.717) is 37.7 Å². The normalized spacial score (nSPS) is 13.3. The molecule has 55 heavy (non-hydrogen) atoms. The highest BCUT2D eigenvalue weighted by Gasteiger charge is 2.40. The number of para-hydroxylation sites is 1. The molecule has 0 saturated carbocycles. The third-order valence-corrected chi connectivity index (χ3v) is 9.06. The van der Waals surface area contributed by atoms with E-state index >= 15 is 0 Å². The van der Waals surface area contributed by atoms with Gasteiger partial charge >= 0.3 is 18.4 Å². The molecular formula is C40H61F6N5O4. The fraction of sp³-hybridized carbons (Fsp3) is 0.625. The smallest absolute Gasteiger partial charge is 0.418 e. The number of piperidine rings is 1. The fourth-order valence-corrected chi connectivity index (χ4v) is 5.89. The van der Waals surface area contributed by atoms with Gasteiger partial charge in [0, 0.05) is 31.4 Å². The van der Waals surface area contributed by atoms with E-state index in [1.165, 1.54) is 71.4 Å². The van der Waals surface area contributed by atoms with E-state index in [-0.39, 0.29) is 18.0 Å². The predicted octanol–water partition coefficient (Wildman–Crippen LogP) is 9.27. The van der Waals surface area contributed by atoms with Crippen molar-refractivity contribution in [2.75, 3.05) is 57.4 Å². The van der Waals surface area contributed by atoms with Crippen LogP contribution in [-0.4, -0.2) is 80.5 Å². The van der Waals surface area contributed by atoms with Gasteiger partial charge < -0.3 is 30.9 Å². The Morgan fingerprint density at radius 3 is 2.00 bits per heavy atom. The standard InChI is InChI=1S/C19H27N3O4.C12H27N.C9H7F6N/c1-15(24)13-26-19(25)22-11-8-17(9-12-22)21(2)10-7-16-5-3-4-6-18(16)20-14-23;1-3-5-7-8-9-10-12-13-11-6-4-2;1-4-2-5(8(10,11)12)7(16)6(3-4)9(13,14)15/h3-6,14,17H,7-13H2,1-2H3,(H,20,23);13H,3-12H2,1-2H3;2-3H,16H2,1H3. The number of nitrogens with zero attached hydrogens (tertiary/aromatic N) is 2. The summed E-state index contributed by atoms with van der Waals surface area (Å²) in [5.74, 6) is -0.155. The lowest BCUT2D eigenvalue weighted by Gasteiger charge is -2.36. The Kier molecular flexibility index (Phi) is 23.3. The third kappa shape index (κ3) is 20.1. The van der Waals surface area contributed by atoms with E-state index in [1.54, 1.807) is 4.90 Å². The summed E-state index contributed by atoms with van der Waals surface area (Å²) in [6, 6.07) is 9.37. The molecule has 312 valence electrons. The van der Waals surface area contributed by atoms with Crippen molar-refractivity contribution in [3.05, 3.63) is 58.7 Å². The Bertz CT molecular complexity index is 1370. The number of rotatable bonds is 18. The second kappa shape index (κ2) is 26.1. The molecule has 0 unspecified atom stereocenters. The average molecular weight is 790 g/mol. The number of carbonyl (C=O) groups excluding carboxylic acids is 3. The molecule has 3 rings (SSSR count). The van der Waals surface area contributed by atoms with Gasteiger partial charge in [-0.3, -0.25) is 9.59 Å². The number of benzene rings is 2. The number of anilines is 2. The van der Waals surface area contributed by atoms with E-state index in [9.17, 15) is 40.7 Å². The van der Waals surface area contributed by atoms with Gasteiger partial charge in [-0.05, 0) is 95.4 Å². The van der Waals surface area contributed by atoms with Crippen LogP contribution in [-0.2, 0) is 33.1 Å². The lowest BCUT2D eigenvalue weighted by molar-refractivity contribution is -0.141. The van der Waals surface area contributed by atoms with Gasteiger partial charge in [0.2, 0.25) is 6.41 Å². The summed E-state index contributed by atoms with van der Waals surface area (Å²) in [5, 5.41) is 6.21. The molecule has 9 nitrogen and oxygen atoms in total. The molecule has 0 bridgehead atoms. The molecule has 0 atom stereocenters. The van der Waals surface area contributed by atoms with Crippen LogP contribution >= 0.6 is 0 Å². The lowest BCUT2D eigenvalue weighted by Crippen LogP contribution is -2.46. The number of ether oxygens (including phenoxy) is 1. The molecule has 15 heteroatoms. The molecule has 4 N–H and O–H groups in total. The Morgan fingerprint density at radius 1 is 0.909 bits per heavy atom. The minimum atomic E-state index is -4.89. The maximum Gasteiger partial charge on any atom is 0.418 e. The largest absolute Gasteiger partial charge is 0.441 e. The van der Waals surface area contributed by atoms with E-state index in [2.05, 4.69) is 36.4 Å². The zero-order valence-electron chi connectivity index (χ0n) is 33.0. The van der Waals surface area contributed by atoms with Crippen molar-refractivity contribution >= 4 is 29.7 Å². The van der Waals surface area contributed by atoms with Crippen molar-refractivity contribution in [2.24, 2.45) is 0 Å². The molecule has 1 aliphatic heterocycles. The molecule has 1 saturated heterocycles. The van der Waals surface area contributed by atoms with Crippen molar-refractivity contribution in [1.29, 1.82) is 0 Å². The minimum Gasteiger partial charge on any atom is -0.441 e. The van der Waals surface area contributed by atoms with Gasteiger partial charge in [0.15, 0.2) is 12.4 Å². The van der Waals surface area contributed by atoms with Gasteiger partial charge in [0.05, 0.1) is 16.8 Å². The Labute approximate surface area is 322 Å². The fourth-order valence-electron chi connectivity index (χ4n) is 5.89. The van der Waals surface area contributed by atoms with E-state index in [1.807, 2.05) is 24.3 Å². The number of alkyl halides is 6. The molecule has 2 amide bonds. The number of likely N-dealkylation sites (tertiary alicyclic amines) is 1. The van der Waals surface area contributed by atoms with Gasteiger partial charge in [-0.25, -0.2) is 4.79 Å². The summed E-state index contributed by atoms with van der Waals surface area (Å²) in [7, 11) is 2.09. The van der Waals surface area contributed by atoms with E-state index in [0.717, 1.165) is 44.0 Å². The van der Waals surface area contributed by atoms with Gasteiger partial charge in [0.25, 0.3) is 0 Å². The third-order valence-electron chi connectivity index (χ3n) is 9.06. The number of aryl methyl sites for hydroxylation is 1. The van der Waals surface area contributed by atoms with Crippen LogP contribution in [0.15, 0.2) is 36.4 Å². The first kappa shape index (κ1) is 49.2. The van der Waals surface area contributed by atoms with Gasteiger partial charge in [-0.2, -0.15) is 26.3 Å². The van der Waals surface area contributed by atoms with E-state index < -0.39 is 35.3 Å². The van der Waals surface area contributed by atoms with Crippen LogP contribution in [0.2, 0.25) is 0 Å². The van der Waals surface area contributed by atoms with Crippen molar-refractivity contribution in [1.82, 2.24) is 15.1 Å². The molecule has 0 radical (unpaired) electrons. The number of nitrogen functional groups attached to an aromatic ring is 1. The maximum atomic E-state index is 12.3. The minimum absolute atomic E-state index is 0.145. The first-order valence-electron chi connectivity index (χ1n) is 19.1. The van der Waals surface area contributed by atoms with Crippen molar-refractivity contribution in [3.63, 3.8) is 0 Å². The highest BCUT2D eigenvalue weighted by Crippen LogP contribution is 2.41. The molecule has 0 aromatic heterocycles. The van der Waals surface area contributed by atoms with Gasteiger partial charge in [0.1, 0.15) is 0 Å². The van der Waals surface area contributed by atoms with Crippen molar-refractivity contribution in [3.8, 4) is 0 Å². The summed E-state index contributed by atoms with van der Waals surface area (Å²) >= 11 is 0. The van der Waals surface area contributed by atoms with Crippen LogP contribution in [0.1, 0.15) is 107 Å². The van der Waals surface area contributed by atoms with Gasteiger partial charge in [-0.15, -0.1) is 0 Å². The number of unbranched alkanes of at least 4 members (excludes halogenated alkanes) is 6. The number of ketones is 1. The number of hydrogen-bond donors (Lipinski definition) is 3. The number of nitrogens with two attached hydrogens (primary N) is 1. The van der Waals surface area contributed by atoms with Crippen LogP contribution in [0, 0.1) is 6.92 Å². The number of amides is 2. The molecule has 0 spiro atoms. The Hall–Kier alpha value is -3.85. The second-order valence-electron chi connectivity index (χ2n) is 13.8. The first-order valence-corrected chi connectivity index (χ1v) is 19.1. The number of nitrogens with one attached hydrogen (secondary N) is 2. The van der Waals surface area contributed by atoms with Crippen LogP contribution in [0.3, 0.4) is 0 Å². The maximum absolute atomic E-state index is 12.3. The lowest BCUT2D eigenvalue weighted by atomic mass is 10.0. The van der Waals surface area contributed by atoms with Crippen LogP contribution in [0.25, 0.3) is 0 Å². The Morgan fingerprint density at radius 2 is 1.45 bits per heavy atom. The summed E-state index contributed by atoms with van der Waals surface area (Å²) in [6.07, 6.45) is 4.16. The molecular weight excluding hydrogens is 728 g/mol. The molecule has 2 aromatic rings. The first-order chi connectivity index (χ1) is 26.0. The number of halogens is 6. The van der Waals surface area contributed by atoms with E-state index in [4.69, 9.17) is 10.5 Å². The average Bonchev–Trinajstić information content (AvgIpc) is 3.13. The second-order valence-corrected chi connectivity index (χ2v) is 13.8. The number of Topliss-reactive ketones (excluding diaryl/α,β-unsaturated/α-hetero) is 1. The number of hydrogen-bond acceptors (Lipinski definition) is 7. The van der Waals surface area contributed by atoms with Crippen LogP contribution in [0.5, 0.6) is 0 Å². The summed E-state index contributed by atoms with van der Waals surface area (Å²) in [4.78, 5) is 37.5. The van der Waals surface area contributed by atoms with Crippen molar-refractivity contribution in [2.45, 2.75) is 117 Å². The monoisotopic (exact) mass is 789 g/mol. The van der Waals surface area contributed by atoms with Crippen molar-refractivity contribution < 1.29 is 45.5 Å². The highest BCUT2D eigenvalue weighted by molar-refractivity contribution is 5.79. The zero-order valence-corrected chi connectivity index (χ0v) is 33.0. The SMILES string of the molecule is CC(=O)COC(=O)N1CCC(N(C)CCc2ccccc2NC=O)CC1.CCCCCCCCNCCCC.Cc1cc(C(F)(F)F)c(N)c(C(F)(F)F)c1. The van der Waals surface area contributed by atoms with Crippen LogP contribution in [0.4, 0.5) is 42.5 Å². The summed E-state index contributed by atoms with van der Waals surface area (Å²) < 4.78 is 79.1. The summed E-state index contributed by atoms with van der Waals surface area (Å²) in [5.41, 5.74) is 2.49. The Balaban J connectivity index is 0.000000447. The highest BCUT2D eigenvalue weighted by atomic mass is 19.4. The quantitative estimate of drug-likeness (QED) is 0.0597. The van der Waals surface area contributed by atoms with Gasteiger partial charge in [-0.1, -0.05) is 70.6 Å². The topological polar surface area (TPSA) is 117 Å². The number of likely N-dealkylation sites (N-methyl/N-ethyl adjacent to an activating group) is 1. The molecule has 2 aromatic carbocycles. The molecule has 1 fully saturated rings. The molecule has 1 aliphatic rings.